The van der Waals surface area contributed by atoms with Gasteiger partial charge in [-0.25, -0.2) is 4.98 Å². The van der Waals surface area contributed by atoms with Gasteiger partial charge in [0.25, 0.3) is 5.91 Å². The number of rotatable bonds is 8. The van der Waals surface area contributed by atoms with Crippen molar-refractivity contribution in [2.75, 3.05) is 12.4 Å². The van der Waals surface area contributed by atoms with E-state index in [-0.39, 0.29) is 5.91 Å². The average molecular weight is 465 g/mol. The standard InChI is InChI=1S/C24H24N4O4S/c1-15-18(16(2)32-27-15)14-31-20-10-9-17(13-21(20)30-4)23(29)26-19-7-5-6-8-22(19)33-24-25-11-12-28(24)3/h5-13H,14H2,1-4H3,(H,26,29). The van der Waals surface area contributed by atoms with Gasteiger partial charge in [0.2, 0.25) is 0 Å². The van der Waals surface area contributed by atoms with Gasteiger partial charge in [0, 0.05) is 29.9 Å². The van der Waals surface area contributed by atoms with Gasteiger partial charge in [0.05, 0.1) is 24.1 Å². The molecule has 4 aromatic rings. The summed E-state index contributed by atoms with van der Waals surface area (Å²) >= 11 is 1.48. The van der Waals surface area contributed by atoms with Gasteiger partial charge in [-0.15, -0.1) is 0 Å². The molecule has 170 valence electrons. The van der Waals surface area contributed by atoms with E-state index < -0.39 is 0 Å². The first-order valence-corrected chi connectivity index (χ1v) is 11.1. The van der Waals surface area contributed by atoms with Crippen molar-refractivity contribution in [3.63, 3.8) is 0 Å². The van der Waals surface area contributed by atoms with Crippen molar-refractivity contribution in [1.29, 1.82) is 0 Å². The van der Waals surface area contributed by atoms with E-state index in [1.54, 1.807) is 31.5 Å². The van der Waals surface area contributed by atoms with Gasteiger partial charge >= 0.3 is 0 Å². The molecule has 0 bridgehead atoms. The van der Waals surface area contributed by atoms with Crippen molar-refractivity contribution >= 4 is 23.4 Å². The molecular formula is C24H24N4O4S. The molecular weight excluding hydrogens is 440 g/mol. The molecule has 4 rings (SSSR count). The van der Waals surface area contributed by atoms with Gasteiger partial charge in [-0.2, -0.15) is 0 Å². The van der Waals surface area contributed by atoms with Gasteiger partial charge < -0.3 is 23.9 Å². The smallest absolute Gasteiger partial charge is 0.255 e. The van der Waals surface area contributed by atoms with Gasteiger partial charge in [0.1, 0.15) is 12.4 Å². The maximum Gasteiger partial charge on any atom is 0.255 e. The Balaban J connectivity index is 1.49. The van der Waals surface area contributed by atoms with E-state index in [0.29, 0.717) is 35.1 Å². The molecule has 0 unspecified atom stereocenters. The number of hydrogen-bond acceptors (Lipinski definition) is 7. The number of imidazole rings is 1. The number of para-hydroxylation sites is 1. The summed E-state index contributed by atoms with van der Waals surface area (Å²) in [4.78, 5) is 18.2. The molecule has 2 aromatic carbocycles. The number of benzene rings is 2. The highest BCUT2D eigenvalue weighted by Gasteiger charge is 2.16. The van der Waals surface area contributed by atoms with Crippen LogP contribution in [0.25, 0.3) is 0 Å². The summed E-state index contributed by atoms with van der Waals surface area (Å²) in [6.45, 7) is 4.00. The van der Waals surface area contributed by atoms with Crippen molar-refractivity contribution in [2.24, 2.45) is 7.05 Å². The Morgan fingerprint density at radius 3 is 2.70 bits per heavy atom. The maximum atomic E-state index is 13.0. The van der Waals surface area contributed by atoms with Crippen LogP contribution in [0, 0.1) is 13.8 Å². The highest BCUT2D eigenvalue weighted by Crippen LogP contribution is 2.33. The highest BCUT2D eigenvalue weighted by molar-refractivity contribution is 7.99. The number of methoxy groups -OCH3 is 1. The lowest BCUT2D eigenvalue weighted by Gasteiger charge is -2.13. The lowest BCUT2D eigenvalue weighted by molar-refractivity contribution is 0.102. The molecule has 0 aliphatic rings. The molecule has 2 heterocycles. The quantitative estimate of drug-likeness (QED) is 0.392. The van der Waals surface area contributed by atoms with Gasteiger partial charge in [-0.3, -0.25) is 4.79 Å². The van der Waals surface area contributed by atoms with E-state index in [1.165, 1.54) is 11.8 Å². The summed E-state index contributed by atoms with van der Waals surface area (Å²) in [5.74, 6) is 1.45. The number of carbonyl (C=O) groups excluding carboxylic acids is 1. The number of carbonyl (C=O) groups is 1. The van der Waals surface area contributed by atoms with Crippen LogP contribution < -0.4 is 14.8 Å². The Hall–Kier alpha value is -3.72. The Labute approximate surface area is 195 Å². The minimum atomic E-state index is -0.251. The monoisotopic (exact) mass is 464 g/mol. The summed E-state index contributed by atoms with van der Waals surface area (Å²) < 4.78 is 18.5. The van der Waals surface area contributed by atoms with Crippen molar-refractivity contribution in [1.82, 2.24) is 14.7 Å². The predicted molar refractivity (Wildman–Crippen MR) is 125 cm³/mol. The lowest BCUT2D eigenvalue weighted by Crippen LogP contribution is -2.13. The maximum absolute atomic E-state index is 13.0. The topological polar surface area (TPSA) is 91.4 Å². The first-order chi connectivity index (χ1) is 16.0. The zero-order valence-electron chi connectivity index (χ0n) is 18.8. The lowest BCUT2D eigenvalue weighted by atomic mass is 10.1. The number of nitrogens with zero attached hydrogens (tertiary/aromatic N) is 3. The third-order valence-corrected chi connectivity index (χ3v) is 6.24. The molecule has 0 saturated heterocycles. The van der Waals surface area contributed by atoms with Crippen molar-refractivity contribution < 1.29 is 18.8 Å². The fraction of sp³-hybridized carbons (Fsp3) is 0.208. The zero-order chi connectivity index (χ0) is 23.4. The summed E-state index contributed by atoms with van der Waals surface area (Å²) in [6, 6.07) is 12.7. The normalized spacial score (nSPS) is 10.8. The molecule has 0 atom stereocenters. The molecule has 1 N–H and O–H groups in total. The molecule has 0 aliphatic carbocycles. The molecule has 0 saturated carbocycles. The Bertz CT molecular complexity index is 1260. The minimum absolute atomic E-state index is 0.251. The Morgan fingerprint density at radius 1 is 1.18 bits per heavy atom. The summed E-state index contributed by atoms with van der Waals surface area (Å²) in [6.07, 6.45) is 3.62. The largest absolute Gasteiger partial charge is 0.493 e. The average Bonchev–Trinajstić information content (AvgIpc) is 3.37. The second kappa shape index (κ2) is 9.83. The number of ether oxygens (including phenoxy) is 2. The number of anilines is 1. The highest BCUT2D eigenvalue weighted by atomic mass is 32.2. The Kier molecular flexibility index (Phi) is 6.69. The van der Waals surface area contributed by atoms with Crippen LogP contribution in [0.2, 0.25) is 0 Å². The fourth-order valence-electron chi connectivity index (χ4n) is 3.19. The number of aryl methyl sites for hydroxylation is 3. The first-order valence-electron chi connectivity index (χ1n) is 10.2. The van der Waals surface area contributed by atoms with Gasteiger partial charge in [-0.1, -0.05) is 17.3 Å². The number of amides is 1. The number of aromatic nitrogens is 3. The first kappa shape index (κ1) is 22.5. The van der Waals surface area contributed by atoms with E-state index in [0.717, 1.165) is 21.3 Å². The van der Waals surface area contributed by atoms with Crippen molar-refractivity contribution in [3.8, 4) is 11.5 Å². The molecule has 9 heteroatoms. The van der Waals surface area contributed by atoms with Crippen LogP contribution in [0.5, 0.6) is 11.5 Å². The summed E-state index contributed by atoms with van der Waals surface area (Å²) in [5, 5.41) is 7.75. The van der Waals surface area contributed by atoms with Crippen LogP contribution in [0.1, 0.15) is 27.4 Å². The van der Waals surface area contributed by atoms with E-state index in [4.69, 9.17) is 14.0 Å². The number of nitrogens with one attached hydrogen (secondary N) is 1. The molecule has 0 radical (unpaired) electrons. The van der Waals surface area contributed by atoms with Crippen LogP contribution in [0.4, 0.5) is 5.69 Å². The number of hydrogen-bond donors (Lipinski definition) is 1. The molecule has 33 heavy (non-hydrogen) atoms. The Morgan fingerprint density at radius 2 is 2.00 bits per heavy atom. The van der Waals surface area contributed by atoms with Crippen molar-refractivity contribution in [3.05, 3.63) is 77.4 Å². The minimum Gasteiger partial charge on any atom is -0.493 e. The SMILES string of the molecule is COc1cc(C(=O)Nc2ccccc2Sc2nccn2C)ccc1OCc1c(C)noc1C. The van der Waals surface area contributed by atoms with Crippen LogP contribution in [-0.4, -0.2) is 27.7 Å². The predicted octanol–water partition coefficient (Wildman–Crippen LogP) is 5.02. The van der Waals surface area contributed by atoms with E-state index in [9.17, 15) is 4.79 Å². The summed E-state index contributed by atoms with van der Waals surface area (Å²) in [7, 11) is 3.47. The molecule has 2 aromatic heterocycles. The van der Waals surface area contributed by atoms with Crippen LogP contribution >= 0.6 is 11.8 Å². The molecule has 0 fully saturated rings. The third kappa shape index (κ3) is 5.04. The second-order valence-electron chi connectivity index (χ2n) is 7.33. The third-order valence-electron chi connectivity index (χ3n) is 5.09. The second-order valence-corrected chi connectivity index (χ2v) is 8.34. The van der Waals surface area contributed by atoms with Gasteiger partial charge in [0.15, 0.2) is 16.7 Å². The van der Waals surface area contributed by atoms with E-state index in [1.807, 2.05) is 55.9 Å². The van der Waals surface area contributed by atoms with Crippen LogP contribution in [-0.2, 0) is 13.7 Å². The van der Waals surface area contributed by atoms with Crippen LogP contribution in [0.3, 0.4) is 0 Å². The van der Waals surface area contributed by atoms with Crippen LogP contribution in [0.15, 0.2) is 69.4 Å². The molecule has 8 nitrogen and oxygen atoms in total. The van der Waals surface area contributed by atoms with Crippen molar-refractivity contribution in [2.45, 2.75) is 30.5 Å². The fourth-order valence-corrected chi connectivity index (χ4v) is 4.08. The molecule has 0 aliphatic heterocycles. The zero-order valence-corrected chi connectivity index (χ0v) is 19.6. The van der Waals surface area contributed by atoms with Gasteiger partial charge in [-0.05, 0) is 55.9 Å². The molecule has 0 spiro atoms. The van der Waals surface area contributed by atoms with E-state index >= 15 is 0 Å². The molecule has 1 amide bonds. The van der Waals surface area contributed by atoms with E-state index in [2.05, 4.69) is 15.5 Å². The summed E-state index contributed by atoms with van der Waals surface area (Å²) in [5.41, 5.74) is 2.83.